The Morgan fingerprint density at radius 1 is 1.00 bits per heavy atom. The molecule has 0 radical (unpaired) electrons. The Bertz CT molecular complexity index is 1410. The molecule has 5 rings (SSSR count). The van der Waals surface area contributed by atoms with Gasteiger partial charge in [0.1, 0.15) is 5.75 Å². The number of hydrogen-bond donors (Lipinski definition) is 2. The third-order valence-corrected chi connectivity index (χ3v) is 6.46. The lowest BCUT2D eigenvalue weighted by Gasteiger charge is -2.26. The average Bonchev–Trinajstić information content (AvgIpc) is 3.16. The number of nitrogens with zero attached hydrogens (tertiary/aromatic N) is 1. The van der Waals surface area contributed by atoms with Gasteiger partial charge in [0.25, 0.3) is 0 Å². The zero-order chi connectivity index (χ0) is 24.0. The zero-order valence-corrected chi connectivity index (χ0v) is 18.6. The van der Waals surface area contributed by atoms with Gasteiger partial charge in [-0.1, -0.05) is 23.7 Å². The molecule has 3 aromatic carbocycles. The first-order valence-corrected chi connectivity index (χ1v) is 11.2. The first-order chi connectivity index (χ1) is 16.3. The van der Waals surface area contributed by atoms with Crippen LogP contribution in [-0.2, 0) is 4.74 Å². The molecule has 0 aliphatic carbocycles. The van der Waals surface area contributed by atoms with E-state index in [0.29, 0.717) is 53.8 Å². The molecule has 174 valence electrons. The number of fused-ring (bicyclic) bond motifs is 1. The molecule has 1 aliphatic heterocycles. The van der Waals surface area contributed by atoms with E-state index in [-0.39, 0.29) is 22.3 Å². The van der Waals surface area contributed by atoms with Crippen LogP contribution in [0.4, 0.5) is 8.78 Å². The average molecular weight is 484 g/mol. The second kappa shape index (κ2) is 8.74. The van der Waals surface area contributed by atoms with Gasteiger partial charge in [0, 0.05) is 47.2 Å². The minimum Gasteiger partial charge on any atom is -0.507 e. The van der Waals surface area contributed by atoms with Crippen LogP contribution in [0.5, 0.6) is 5.75 Å². The predicted octanol–water partition coefficient (Wildman–Crippen LogP) is 6.53. The summed E-state index contributed by atoms with van der Waals surface area (Å²) < 4.78 is 35.4. The van der Waals surface area contributed by atoms with Crippen LogP contribution in [0.15, 0.2) is 54.6 Å². The summed E-state index contributed by atoms with van der Waals surface area (Å²) in [6, 6.07) is 13.1. The maximum absolute atomic E-state index is 14.3. The number of carboxylic acid groups (broad SMARTS) is 1. The quantitative estimate of drug-likeness (QED) is 0.346. The van der Waals surface area contributed by atoms with Crippen LogP contribution in [0.3, 0.4) is 0 Å². The van der Waals surface area contributed by atoms with Crippen LogP contribution in [-0.4, -0.2) is 34.0 Å². The van der Waals surface area contributed by atoms with E-state index in [1.165, 1.54) is 24.3 Å². The summed E-state index contributed by atoms with van der Waals surface area (Å²) in [7, 11) is 0. The third-order valence-electron chi connectivity index (χ3n) is 6.24. The lowest BCUT2D eigenvalue weighted by molar-refractivity contribution is 0.0697. The second-order valence-corrected chi connectivity index (χ2v) is 8.72. The van der Waals surface area contributed by atoms with Gasteiger partial charge in [0.15, 0.2) is 11.6 Å². The standard InChI is InChI=1S/C26H20ClF2NO4/c27-17-11-21-24(22(31)12-17)23(14-1-3-16(4-2-14)26(32)33)25(15-7-9-34-10-8-15)30(21)18-5-6-19(28)20(29)13-18/h1-6,11-13,15,31H,7-10H2,(H,32,33). The molecule has 4 aromatic rings. The molecule has 2 heterocycles. The summed E-state index contributed by atoms with van der Waals surface area (Å²) in [5.74, 6) is -3.07. The Hall–Kier alpha value is -3.42. The van der Waals surface area contributed by atoms with Crippen molar-refractivity contribution in [2.45, 2.75) is 18.8 Å². The van der Waals surface area contributed by atoms with Gasteiger partial charge in [0.2, 0.25) is 0 Å². The van der Waals surface area contributed by atoms with E-state index in [1.54, 1.807) is 22.8 Å². The minimum absolute atomic E-state index is 0.0124. The molecule has 2 N–H and O–H groups in total. The lowest BCUT2D eigenvalue weighted by atomic mass is 9.89. The smallest absolute Gasteiger partial charge is 0.335 e. The molecule has 0 unspecified atom stereocenters. The van der Waals surface area contributed by atoms with Gasteiger partial charge in [0.05, 0.1) is 16.5 Å². The Morgan fingerprint density at radius 3 is 2.35 bits per heavy atom. The highest BCUT2D eigenvalue weighted by Crippen LogP contribution is 2.47. The highest BCUT2D eigenvalue weighted by atomic mass is 35.5. The summed E-state index contributed by atoms with van der Waals surface area (Å²) in [5, 5.41) is 21.1. The van der Waals surface area contributed by atoms with Crippen LogP contribution in [0.25, 0.3) is 27.7 Å². The molecule has 1 saturated heterocycles. The van der Waals surface area contributed by atoms with Crippen molar-refractivity contribution in [2.24, 2.45) is 0 Å². The van der Waals surface area contributed by atoms with Crippen molar-refractivity contribution in [3.05, 3.63) is 82.5 Å². The van der Waals surface area contributed by atoms with Crippen molar-refractivity contribution in [3.8, 4) is 22.6 Å². The monoisotopic (exact) mass is 483 g/mol. The SMILES string of the molecule is O=C(O)c1ccc(-c2c(C3CCOCC3)n(-c3ccc(F)c(F)c3)c3cc(Cl)cc(O)c23)cc1. The number of hydrogen-bond acceptors (Lipinski definition) is 3. The largest absolute Gasteiger partial charge is 0.507 e. The van der Waals surface area contributed by atoms with E-state index in [9.17, 15) is 23.8 Å². The van der Waals surface area contributed by atoms with Gasteiger partial charge in [-0.3, -0.25) is 0 Å². The van der Waals surface area contributed by atoms with Gasteiger partial charge in [-0.2, -0.15) is 0 Å². The number of phenolic OH excluding ortho intramolecular Hbond substituents is 1. The maximum Gasteiger partial charge on any atom is 0.335 e. The first-order valence-electron chi connectivity index (χ1n) is 10.8. The van der Waals surface area contributed by atoms with Gasteiger partial charge >= 0.3 is 5.97 Å². The van der Waals surface area contributed by atoms with Gasteiger partial charge in [-0.05, 0) is 54.8 Å². The Labute approximate surface area is 198 Å². The fourth-order valence-corrected chi connectivity index (χ4v) is 4.92. The second-order valence-electron chi connectivity index (χ2n) is 8.28. The molecule has 1 fully saturated rings. The maximum atomic E-state index is 14.3. The number of rotatable bonds is 4. The molecule has 8 heteroatoms. The van der Waals surface area contributed by atoms with Crippen molar-refractivity contribution < 1.29 is 28.5 Å². The molecule has 34 heavy (non-hydrogen) atoms. The summed E-state index contributed by atoms with van der Waals surface area (Å²) >= 11 is 6.30. The van der Waals surface area contributed by atoms with Gasteiger partial charge in [-0.15, -0.1) is 0 Å². The molecule has 0 amide bonds. The van der Waals surface area contributed by atoms with Crippen LogP contribution in [0.1, 0.15) is 34.8 Å². The van der Waals surface area contributed by atoms with E-state index in [4.69, 9.17) is 16.3 Å². The van der Waals surface area contributed by atoms with Gasteiger partial charge < -0.3 is 19.5 Å². The number of ether oxygens (including phenoxy) is 1. The number of carboxylic acids is 1. The van der Waals surface area contributed by atoms with Crippen molar-refractivity contribution >= 4 is 28.5 Å². The molecular weight excluding hydrogens is 464 g/mol. The van der Waals surface area contributed by atoms with E-state index < -0.39 is 17.6 Å². The molecule has 0 atom stereocenters. The minimum atomic E-state index is -1.05. The molecule has 1 aromatic heterocycles. The van der Waals surface area contributed by atoms with Crippen molar-refractivity contribution in [3.63, 3.8) is 0 Å². The van der Waals surface area contributed by atoms with Crippen molar-refractivity contribution in [1.29, 1.82) is 0 Å². The van der Waals surface area contributed by atoms with E-state index in [0.717, 1.165) is 17.8 Å². The third kappa shape index (κ3) is 3.81. The van der Waals surface area contributed by atoms with E-state index >= 15 is 0 Å². The highest BCUT2D eigenvalue weighted by Gasteiger charge is 2.29. The van der Waals surface area contributed by atoms with Crippen LogP contribution < -0.4 is 0 Å². The fourth-order valence-electron chi connectivity index (χ4n) is 4.71. The molecule has 0 spiro atoms. The number of halogens is 3. The van der Waals surface area contributed by atoms with E-state index in [1.807, 2.05) is 0 Å². The highest BCUT2D eigenvalue weighted by molar-refractivity contribution is 6.31. The number of aromatic nitrogens is 1. The molecular formula is C26H20ClF2NO4. The molecule has 0 bridgehead atoms. The lowest BCUT2D eigenvalue weighted by Crippen LogP contribution is -2.17. The summed E-state index contributed by atoms with van der Waals surface area (Å²) in [5.41, 5.74) is 3.24. The van der Waals surface area contributed by atoms with Crippen molar-refractivity contribution in [2.75, 3.05) is 13.2 Å². The van der Waals surface area contributed by atoms with Crippen LogP contribution in [0.2, 0.25) is 5.02 Å². The Balaban J connectivity index is 1.89. The zero-order valence-electron chi connectivity index (χ0n) is 17.9. The van der Waals surface area contributed by atoms with Crippen LogP contribution >= 0.6 is 11.6 Å². The van der Waals surface area contributed by atoms with Crippen LogP contribution in [0, 0.1) is 11.6 Å². The first kappa shape index (κ1) is 22.4. The summed E-state index contributed by atoms with van der Waals surface area (Å²) in [6.07, 6.45) is 1.38. The normalized spacial score (nSPS) is 14.6. The number of carbonyl (C=O) groups is 1. The number of aromatic carboxylic acids is 1. The predicted molar refractivity (Wildman–Crippen MR) is 125 cm³/mol. The Kier molecular flexibility index (Phi) is 5.75. The molecule has 5 nitrogen and oxygen atoms in total. The molecule has 1 aliphatic rings. The topological polar surface area (TPSA) is 71.7 Å². The Morgan fingerprint density at radius 2 is 1.71 bits per heavy atom. The summed E-state index contributed by atoms with van der Waals surface area (Å²) in [4.78, 5) is 11.4. The fraction of sp³-hybridized carbons (Fsp3) is 0.192. The summed E-state index contributed by atoms with van der Waals surface area (Å²) in [6.45, 7) is 1.07. The van der Waals surface area contributed by atoms with Crippen molar-refractivity contribution in [1.82, 2.24) is 4.57 Å². The van der Waals surface area contributed by atoms with E-state index in [2.05, 4.69) is 0 Å². The number of benzene rings is 3. The van der Waals surface area contributed by atoms with Gasteiger partial charge in [-0.25, -0.2) is 13.6 Å². The number of phenols is 1. The molecule has 0 saturated carbocycles. The number of aromatic hydroxyl groups is 1.